The number of thioether (sulfide) groups is 1. The highest BCUT2D eigenvalue weighted by Crippen LogP contribution is 2.37. The van der Waals surface area contributed by atoms with Gasteiger partial charge >= 0.3 is 5.97 Å². The number of carboxylic acid groups (broad SMARTS) is 1. The van der Waals surface area contributed by atoms with E-state index < -0.39 is 5.97 Å². The molecule has 3 aliphatic rings. The number of piperazine rings is 1. The number of likely N-dealkylation sites (tertiary alicyclic amines) is 1. The lowest BCUT2D eigenvalue weighted by atomic mass is 10.2. The molecule has 5 rings (SSSR count). The lowest BCUT2D eigenvalue weighted by molar-refractivity contribution is -0.137. The topological polar surface area (TPSA) is 114 Å². The summed E-state index contributed by atoms with van der Waals surface area (Å²) in [5.74, 6) is -0.305. The Kier molecular flexibility index (Phi) is 10.8. The van der Waals surface area contributed by atoms with Crippen molar-refractivity contribution in [3.8, 4) is 0 Å². The largest absolute Gasteiger partial charge is 0.481 e. The molecule has 2 fully saturated rings. The number of anilines is 1. The highest BCUT2D eigenvalue weighted by Gasteiger charge is 2.31. The minimum Gasteiger partial charge on any atom is -0.481 e. The summed E-state index contributed by atoms with van der Waals surface area (Å²) in [5.41, 5.74) is 2.29. The van der Waals surface area contributed by atoms with Gasteiger partial charge in [-0.25, -0.2) is 9.97 Å². The molecule has 0 bridgehead atoms. The molecule has 218 valence electrons. The first-order valence-electron chi connectivity index (χ1n) is 14.1. The lowest BCUT2D eigenvalue weighted by Gasteiger charge is -2.34. The van der Waals surface area contributed by atoms with Gasteiger partial charge in [0.1, 0.15) is 11.5 Å². The molecule has 2 unspecified atom stereocenters. The molecule has 10 nitrogen and oxygen atoms in total. The smallest absolute Gasteiger partial charge is 0.304 e. The number of thiophene rings is 1. The third kappa shape index (κ3) is 7.74. The molecule has 0 spiro atoms. The summed E-state index contributed by atoms with van der Waals surface area (Å²) in [5, 5.41) is 17.7. The summed E-state index contributed by atoms with van der Waals surface area (Å²) >= 11 is 3.40. The SMILES string of the molecule is CC.Cc1cc(C2=C(CN3CCCC3C)SC(NC(=O)c3cnc(N4CCN(CCC(=O)O)CC4)cn3)N2)cs1. The van der Waals surface area contributed by atoms with Crippen molar-refractivity contribution in [1.82, 2.24) is 30.4 Å². The number of carbonyl (C=O) groups is 2. The van der Waals surface area contributed by atoms with Gasteiger partial charge in [0.05, 0.1) is 24.5 Å². The zero-order valence-corrected chi connectivity index (χ0v) is 25.5. The van der Waals surface area contributed by atoms with Crippen LogP contribution in [0.1, 0.15) is 61.0 Å². The monoisotopic (exact) mass is 587 g/mol. The molecule has 0 aromatic carbocycles. The van der Waals surface area contributed by atoms with E-state index in [1.807, 2.05) is 13.8 Å². The molecular formula is C28H41N7O3S2. The second-order valence-corrected chi connectivity index (χ2v) is 12.4. The summed E-state index contributed by atoms with van der Waals surface area (Å²) in [6.07, 6.45) is 5.79. The molecule has 12 heteroatoms. The number of carbonyl (C=O) groups excluding carboxylic acids is 1. The van der Waals surface area contributed by atoms with Crippen molar-refractivity contribution in [2.45, 2.75) is 58.5 Å². The van der Waals surface area contributed by atoms with Crippen LogP contribution < -0.4 is 15.5 Å². The Balaban J connectivity index is 0.00000181. The van der Waals surface area contributed by atoms with Crippen molar-refractivity contribution >= 4 is 46.5 Å². The van der Waals surface area contributed by atoms with E-state index >= 15 is 0 Å². The summed E-state index contributed by atoms with van der Waals surface area (Å²) in [4.78, 5) is 42.1. The number of carboxylic acids is 1. The Morgan fingerprint density at radius 1 is 1.15 bits per heavy atom. The second kappa shape index (κ2) is 14.3. The van der Waals surface area contributed by atoms with Crippen LogP contribution in [0.3, 0.4) is 0 Å². The molecule has 3 aliphatic heterocycles. The molecule has 2 aromatic heterocycles. The van der Waals surface area contributed by atoms with Gasteiger partial charge in [-0.3, -0.25) is 19.4 Å². The maximum atomic E-state index is 13.0. The Bertz CT molecular complexity index is 1180. The van der Waals surface area contributed by atoms with E-state index in [1.165, 1.54) is 34.4 Å². The molecule has 2 atom stereocenters. The van der Waals surface area contributed by atoms with Crippen molar-refractivity contribution in [2.24, 2.45) is 0 Å². The third-order valence-electron chi connectivity index (χ3n) is 7.34. The maximum Gasteiger partial charge on any atom is 0.304 e. The number of amides is 1. The fourth-order valence-electron chi connectivity index (χ4n) is 5.10. The number of aliphatic carboxylic acids is 1. The van der Waals surface area contributed by atoms with Gasteiger partial charge in [0.25, 0.3) is 5.91 Å². The highest BCUT2D eigenvalue weighted by atomic mass is 32.2. The Labute approximate surface area is 245 Å². The zero-order chi connectivity index (χ0) is 28.6. The first kappa shape index (κ1) is 30.3. The number of nitrogens with one attached hydrogen (secondary N) is 2. The van der Waals surface area contributed by atoms with Crippen LogP contribution in [-0.2, 0) is 4.79 Å². The summed E-state index contributed by atoms with van der Waals surface area (Å²) in [7, 11) is 0. The molecule has 0 aliphatic carbocycles. The van der Waals surface area contributed by atoms with Crippen LogP contribution in [0.4, 0.5) is 5.82 Å². The number of nitrogens with zero attached hydrogens (tertiary/aromatic N) is 5. The van der Waals surface area contributed by atoms with E-state index in [-0.39, 0.29) is 23.5 Å². The predicted octanol–water partition coefficient (Wildman–Crippen LogP) is 3.67. The van der Waals surface area contributed by atoms with Crippen LogP contribution in [0, 0.1) is 6.92 Å². The second-order valence-electron chi connectivity index (χ2n) is 10.1. The van der Waals surface area contributed by atoms with Crippen LogP contribution in [-0.4, -0.2) is 94.1 Å². The standard InChI is InChI=1S/C26H35N7O3S2.C2H6/c1-17-4-3-6-33(17)15-21-24(19-12-18(2)37-16-19)29-26(38-21)30-25(36)20-13-28-22(14-27-20)32-10-8-31(9-11-32)7-5-23(34)35;1-2/h12-14,16-17,26,29H,3-11,15H2,1-2H3,(H,30,36)(H,34,35);1-2H3. The van der Waals surface area contributed by atoms with Crippen LogP contribution in [0.15, 0.2) is 28.7 Å². The van der Waals surface area contributed by atoms with E-state index in [9.17, 15) is 9.59 Å². The molecule has 5 heterocycles. The summed E-state index contributed by atoms with van der Waals surface area (Å²) < 4.78 is 0. The number of rotatable bonds is 9. The van der Waals surface area contributed by atoms with Crippen molar-refractivity contribution in [2.75, 3.05) is 50.7 Å². The van der Waals surface area contributed by atoms with Crippen molar-refractivity contribution < 1.29 is 14.7 Å². The lowest BCUT2D eigenvalue weighted by Crippen LogP contribution is -2.47. The maximum absolute atomic E-state index is 13.0. The Morgan fingerprint density at radius 2 is 1.93 bits per heavy atom. The molecule has 0 saturated carbocycles. The van der Waals surface area contributed by atoms with Crippen molar-refractivity contribution in [3.63, 3.8) is 0 Å². The normalized spacial score (nSPS) is 21.6. The minimum absolute atomic E-state index is 0.153. The van der Waals surface area contributed by atoms with Crippen LogP contribution in [0.5, 0.6) is 0 Å². The predicted molar refractivity (Wildman–Crippen MR) is 163 cm³/mol. The molecule has 1 amide bonds. The average molecular weight is 588 g/mol. The van der Waals surface area contributed by atoms with Gasteiger partial charge in [0, 0.05) is 66.0 Å². The summed E-state index contributed by atoms with van der Waals surface area (Å²) in [6.45, 7) is 14.0. The van der Waals surface area contributed by atoms with Crippen molar-refractivity contribution in [3.05, 3.63) is 44.9 Å². The third-order valence-corrected chi connectivity index (χ3v) is 9.29. The Morgan fingerprint density at radius 3 is 2.52 bits per heavy atom. The Hall–Kier alpha value is -2.67. The van der Waals surface area contributed by atoms with Gasteiger partial charge in [0.15, 0.2) is 5.50 Å². The van der Waals surface area contributed by atoms with E-state index in [0.29, 0.717) is 12.6 Å². The van der Waals surface area contributed by atoms with E-state index in [4.69, 9.17) is 5.11 Å². The quantitative estimate of drug-likeness (QED) is 0.402. The zero-order valence-electron chi connectivity index (χ0n) is 23.9. The molecule has 0 radical (unpaired) electrons. The molecular weight excluding hydrogens is 546 g/mol. The average Bonchev–Trinajstić information content (AvgIpc) is 3.69. The highest BCUT2D eigenvalue weighted by molar-refractivity contribution is 8.04. The van der Waals surface area contributed by atoms with Crippen LogP contribution in [0.2, 0.25) is 0 Å². The molecule has 40 heavy (non-hydrogen) atoms. The number of hydrogen-bond acceptors (Lipinski definition) is 10. The van der Waals surface area contributed by atoms with Gasteiger partial charge in [-0.05, 0) is 39.3 Å². The van der Waals surface area contributed by atoms with Gasteiger partial charge in [-0.1, -0.05) is 25.6 Å². The van der Waals surface area contributed by atoms with E-state index in [0.717, 1.165) is 50.8 Å². The number of hydrogen-bond donors (Lipinski definition) is 3. The van der Waals surface area contributed by atoms with Gasteiger partial charge in [-0.2, -0.15) is 0 Å². The van der Waals surface area contributed by atoms with Crippen molar-refractivity contribution in [1.29, 1.82) is 0 Å². The van der Waals surface area contributed by atoms with Crippen LogP contribution in [0.25, 0.3) is 5.70 Å². The van der Waals surface area contributed by atoms with E-state index in [1.54, 1.807) is 29.3 Å². The minimum atomic E-state index is -0.774. The summed E-state index contributed by atoms with van der Waals surface area (Å²) in [6, 6.07) is 2.77. The van der Waals surface area contributed by atoms with Gasteiger partial charge < -0.3 is 20.6 Å². The first-order valence-corrected chi connectivity index (χ1v) is 15.9. The number of aromatic nitrogens is 2. The molecule has 3 N–H and O–H groups in total. The molecule has 2 saturated heterocycles. The van der Waals surface area contributed by atoms with Crippen LogP contribution >= 0.6 is 23.1 Å². The molecule has 2 aromatic rings. The fraction of sp³-hybridized carbons (Fsp3) is 0.571. The van der Waals surface area contributed by atoms with E-state index in [2.05, 4.69) is 60.6 Å². The number of aryl methyl sites for hydroxylation is 1. The van der Waals surface area contributed by atoms with Gasteiger partial charge in [0.2, 0.25) is 0 Å². The fourth-order valence-corrected chi connectivity index (χ4v) is 6.96. The van der Waals surface area contributed by atoms with Gasteiger partial charge in [-0.15, -0.1) is 11.3 Å². The first-order chi connectivity index (χ1) is 19.4.